The van der Waals surface area contributed by atoms with Crippen molar-refractivity contribution in [1.29, 1.82) is 0 Å². The Morgan fingerprint density at radius 3 is 2.44 bits per heavy atom. The van der Waals surface area contributed by atoms with Crippen molar-refractivity contribution in [3.8, 4) is 0 Å². The highest BCUT2D eigenvalue weighted by Gasteiger charge is 2.64. The molecule has 142 valence electrons. The summed E-state index contributed by atoms with van der Waals surface area (Å²) in [6.45, 7) is 8.51. The van der Waals surface area contributed by atoms with Crippen molar-refractivity contribution in [1.82, 2.24) is 0 Å². The molecule has 0 amide bonds. The smallest absolute Gasteiger partial charge is 0.137 e. The molecule has 0 aromatic carbocycles. The molecule has 4 aliphatic rings. The van der Waals surface area contributed by atoms with Gasteiger partial charge in [-0.25, -0.2) is 0 Å². The maximum Gasteiger partial charge on any atom is 0.137 e. The topological polar surface area (TPSA) is 57.5 Å². The molecule has 4 saturated carbocycles. The van der Waals surface area contributed by atoms with E-state index in [9.17, 15) is 15.0 Å². The van der Waals surface area contributed by atoms with Crippen molar-refractivity contribution in [2.75, 3.05) is 0 Å². The second-order valence-corrected chi connectivity index (χ2v) is 10.9. The first-order chi connectivity index (χ1) is 11.6. The third-order valence-electron chi connectivity index (χ3n) is 9.17. The van der Waals surface area contributed by atoms with Gasteiger partial charge < -0.3 is 10.2 Å². The molecule has 3 heteroatoms. The van der Waals surface area contributed by atoms with E-state index in [-0.39, 0.29) is 28.8 Å². The molecule has 0 spiro atoms. The van der Waals surface area contributed by atoms with Gasteiger partial charge in [0.1, 0.15) is 5.78 Å². The number of hydrogen-bond acceptors (Lipinski definition) is 3. The van der Waals surface area contributed by atoms with Crippen molar-refractivity contribution in [3.63, 3.8) is 0 Å². The van der Waals surface area contributed by atoms with Crippen LogP contribution in [0.3, 0.4) is 0 Å². The Kier molecular flexibility index (Phi) is 3.99. The molecule has 4 fully saturated rings. The minimum Gasteiger partial charge on any atom is -0.393 e. The first-order valence-corrected chi connectivity index (χ1v) is 10.5. The van der Waals surface area contributed by atoms with Crippen LogP contribution in [0.4, 0.5) is 0 Å². The molecule has 0 aliphatic heterocycles. The number of aliphatic hydroxyl groups is 2. The minimum absolute atomic E-state index is 0.0339. The number of hydrogen-bond donors (Lipinski definition) is 2. The summed E-state index contributed by atoms with van der Waals surface area (Å²) >= 11 is 0. The molecule has 0 aromatic heterocycles. The van der Waals surface area contributed by atoms with Gasteiger partial charge in [-0.05, 0) is 93.3 Å². The van der Waals surface area contributed by atoms with Crippen molar-refractivity contribution < 1.29 is 15.0 Å². The van der Waals surface area contributed by atoms with Crippen molar-refractivity contribution in [3.05, 3.63) is 0 Å². The van der Waals surface area contributed by atoms with Crippen LogP contribution in [-0.4, -0.2) is 27.7 Å². The molecule has 0 heterocycles. The Bertz CT molecular complexity index is 564. The number of carbonyl (C=O) groups excluding carboxylic acids is 1. The van der Waals surface area contributed by atoms with Gasteiger partial charge in [0.2, 0.25) is 0 Å². The van der Waals surface area contributed by atoms with E-state index in [1.54, 1.807) is 0 Å². The average molecular weight is 349 g/mol. The van der Waals surface area contributed by atoms with Gasteiger partial charge >= 0.3 is 0 Å². The predicted molar refractivity (Wildman–Crippen MR) is 97.9 cm³/mol. The summed E-state index contributed by atoms with van der Waals surface area (Å²) in [7, 11) is 0. The molecule has 3 nitrogen and oxygen atoms in total. The van der Waals surface area contributed by atoms with E-state index in [4.69, 9.17) is 0 Å². The fourth-order valence-corrected chi connectivity index (χ4v) is 8.21. The lowest BCUT2D eigenvalue weighted by Gasteiger charge is -2.60. The predicted octanol–water partition coefficient (Wildman–Crippen LogP) is 3.96. The minimum atomic E-state index is -0.702. The van der Waals surface area contributed by atoms with E-state index in [1.165, 1.54) is 12.8 Å². The Morgan fingerprint density at radius 2 is 1.76 bits per heavy atom. The first kappa shape index (κ1) is 18.0. The molecule has 8 unspecified atom stereocenters. The number of rotatable bonds is 1. The summed E-state index contributed by atoms with van der Waals surface area (Å²) in [4.78, 5) is 13.4. The third-order valence-corrected chi connectivity index (χ3v) is 9.17. The molecule has 0 bridgehead atoms. The van der Waals surface area contributed by atoms with Crippen LogP contribution in [0.25, 0.3) is 0 Å². The van der Waals surface area contributed by atoms with Gasteiger partial charge in [-0.15, -0.1) is 0 Å². The molecular weight excluding hydrogens is 312 g/mol. The SMILES string of the molecule is CC(C)(O)C1CCC2C3CCC4CC(O)CCC4(C)C3C(=O)CC21C. The largest absolute Gasteiger partial charge is 0.393 e. The number of fused-ring (bicyclic) bond motifs is 5. The standard InChI is InChI=1S/C22H36O3/c1-20(2,25)18-8-7-16-15-6-5-13-11-14(23)9-10-21(13,3)19(15)17(24)12-22(16,18)4/h13-16,18-19,23,25H,5-12H2,1-4H3. The molecule has 25 heavy (non-hydrogen) atoms. The van der Waals surface area contributed by atoms with E-state index >= 15 is 0 Å². The summed E-state index contributed by atoms with van der Waals surface area (Å²) in [6.07, 6.45) is 7.78. The highest BCUT2D eigenvalue weighted by molar-refractivity contribution is 5.84. The van der Waals surface area contributed by atoms with Gasteiger partial charge in [0.25, 0.3) is 0 Å². The van der Waals surface area contributed by atoms with Crippen molar-refractivity contribution in [2.45, 2.75) is 90.8 Å². The van der Waals surface area contributed by atoms with Gasteiger partial charge in [0, 0.05) is 12.3 Å². The lowest BCUT2D eigenvalue weighted by molar-refractivity contribution is -0.166. The Balaban J connectivity index is 1.68. The van der Waals surface area contributed by atoms with Gasteiger partial charge in [-0.1, -0.05) is 13.8 Å². The summed E-state index contributed by atoms with van der Waals surface area (Å²) in [5, 5.41) is 20.9. The summed E-state index contributed by atoms with van der Waals surface area (Å²) in [5.41, 5.74) is -0.645. The summed E-state index contributed by atoms with van der Waals surface area (Å²) in [5.74, 6) is 2.47. The quantitative estimate of drug-likeness (QED) is 0.754. The summed E-state index contributed by atoms with van der Waals surface area (Å²) in [6, 6.07) is 0. The molecule has 4 aliphatic carbocycles. The van der Waals surface area contributed by atoms with Crippen LogP contribution in [-0.2, 0) is 4.79 Å². The van der Waals surface area contributed by atoms with E-state index in [2.05, 4.69) is 13.8 Å². The summed E-state index contributed by atoms with van der Waals surface area (Å²) < 4.78 is 0. The number of Topliss-reactive ketones (excluding diaryl/α,β-unsaturated/α-hetero) is 1. The fourth-order valence-electron chi connectivity index (χ4n) is 8.21. The van der Waals surface area contributed by atoms with E-state index < -0.39 is 5.60 Å². The molecule has 0 saturated heterocycles. The second kappa shape index (κ2) is 5.55. The highest BCUT2D eigenvalue weighted by Crippen LogP contribution is 2.67. The third kappa shape index (κ3) is 2.48. The zero-order valence-electron chi connectivity index (χ0n) is 16.4. The normalized spacial score (nSPS) is 53.1. The number of ketones is 1. The zero-order chi connectivity index (χ0) is 18.2. The first-order valence-electron chi connectivity index (χ1n) is 10.5. The Labute approximate surface area is 152 Å². The van der Waals surface area contributed by atoms with Crippen molar-refractivity contribution >= 4 is 5.78 Å². The molecule has 4 rings (SSSR count). The average Bonchev–Trinajstić information content (AvgIpc) is 2.84. The highest BCUT2D eigenvalue weighted by atomic mass is 16.3. The van der Waals surface area contributed by atoms with E-state index in [1.807, 2.05) is 13.8 Å². The Morgan fingerprint density at radius 1 is 1.04 bits per heavy atom. The fraction of sp³-hybridized carbons (Fsp3) is 0.955. The maximum atomic E-state index is 13.4. The van der Waals surface area contributed by atoms with Crippen LogP contribution in [0.1, 0.15) is 79.1 Å². The van der Waals surface area contributed by atoms with E-state index in [0.717, 1.165) is 32.1 Å². The molecule has 0 aromatic rings. The number of aliphatic hydroxyl groups excluding tert-OH is 1. The molecule has 8 atom stereocenters. The van der Waals surface area contributed by atoms with Crippen LogP contribution in [0.2, 0.25) is 0 Å². The lowest BCUT2D eigenvalue weighted by atomic mass is 9.44. The monoisotopic (exact) mass is 348 g/mol. The maximum absolute atomic E-state index is 13.4. The molecule has 2 N–H and O–H groups in total. The van der Waals surface area contributed by atoms with Gasteiger partial charge in [0.05, 0.1) is 11.7 Å². The molecular formula is C22H36O3. The van der Waals surface area contributed by atoms with Crippen LogP contribution < -0.4 is 0 Å². The van der Waals surface area contributed by atoms with Gasteiger partial charge in [-0.2, -0.15) is 0 Å². The van der Waals surface area contributed by atoms with Gasteiger partial charge in [0.15, 0.2) is 0 Å². The lowest BCUT2D eigenvalue weighted by Crippen LogP contribution is -2.58. The van der Waals surface area contributed by atoms with Crippen LogP contribution in [0.15, 0.2) is 0 Å². The van der Waals surface area contributed by atoms with E-state index in [0.29, 0.717) is 30.0 Å². The van der Waals surface area contributed by atoms with Crippen LogP contribution in [0.5, 0.6) is 0 Å². The van der Waals surface area contributed by atoms with Gasteiger partial charge in [-0.3, -0.25) is 4.79 Å². The number of carbonyl (C=O) groups is 1. The molecule has 0 radical (unpaired) electrons. The van der Waals surface area contributed by atoms with Crippen molar-refractivity contribution in [2.24, 2.45) is 40.4 Å². The second-order valence-electron chi connectivity index (χ2n) is 10.9. The Hall–Kier alpha value is -0.410. The van der Waals surface area contributed by atoms with Crippen LogP contribution >= 0.6 is 0 Å². The zero-order valence-corrected chi connectivity index (χ0v) is 16.4. The van der Waals surface area contributed by atoms with Crippen LogP contribution in [0, 0.1) is 40.4 Å².